The second kappa shape index (κ2) is 6.62. The van der Waals surface area contributed by atoms with Gasteiger partial charge in [0.2, 0.25) is 0 Å². The average Bonchev–Trinajstić information content (AvgIpc) is 2.78. The monoisotopic (exact) mass is 414 g/mol. The van der Waals surface area contributed by atoms with Crippen LogP contribution >= 0.6 is 22.6 Å². The Kier molecular flexibility index (Phi) is 5.02. The summed E-state index contributed by atoms with van der Waals surface area (Å²) in [6.07, 6.45) is 0. The van der Waals surface area contributed by atoms with E-state index in [1.165, 1.54) is 13.0 Å². The highest BCUT2D eigenvalue weighted by Crippen LogP contribution is 2.30. The van der Waals surface area contributed by atoms with Crippen LogP contribution in [0.4, 0.5) is 15.9 Å². The first kappa shape index (κ1) is 16.7. The third-order valence-electron chi connectivity index (χ3n) is 3.35. The molecule has 0 amide bonds. The number of Topliss-reactive ketones (excluding diaryl/α,β-unsaturated/α-hetero) is 1. The fraction of sp³-hybridized carbons (Fsp3) is 0.188. The van der Waals surface area contributed by atoms with Crippen molar-refractivity contribution >= 4 is 45.5 Å². The van der Waals surface area contributed by atoms with Gasteiger partial charge in [-0.25, -0.2) is 4.39 Å². The number of aliphatic hydroxyl groups excluding tert-OH is 1. The Morgan fingerprint density at radius 3 is 2.68 bits per heavy atom. The summed E-state index contributed by atoms with van der Waals surface area (Å²) in [5.74, 6) is 0.00742. The minimum Gasteiger partial charge on any atom is -0.392 e. The second-order valence-corrected chi connectivity index (χ2v) is 6.16. The summed E-state index contributed by atoms with van der Waals surface area (Å²) in [4.78, 5) is 11.7. The van der Waals surface area contributed by atoms with Gasteiger partial charge < -0.3 is 15.0 Å². The van der Waals surface area contributed by atoms with E-state index in [4.69, 9.17) is 0 Å². The van der Waals surface area contributed by atoms with E-state index in [2.05, 4.69) is 11.9 Å². The second-order valence-electron chi connectivity index (χ2n) is 4.92. The molecule has 0 aliphatic heterocycles. The van der Waals surface area contributed by atoms with E-state index in [0.717, 1.165) is 3.57 Å². The molecule has 116 valence electrons. The normalized spacial score (nSPS) is 10.6. The van der Waals surface area contributed by atoms with Gasteiger partial charge in [0, 0.05) is 23.1 Å². The van der Waals surface area contributed by atoms with Crippen molar-refractivity contribution in [2.24, 2.45) is 7.05 Å². The lowest BCUT2D eigenvalue weighted by molar-refractivity contribution is 0.101. The molecule has 1 aromatic carbocycles. The van der Waals surface area contributed by atoms with Crippen LogP contribution in [-0.2, 0) is 7.05 Å². The topological polar surface area (TPSA) is 54.3 Å². The number of aromatic nitrogens is 1. The fourth-order valence-electron chi connectivity index (χ4n) is 2.17. The average molecular weight is 414 g/mol. The highest BCUT2D eigenvalue weighted by molar-refractivity contribution is 14.1. The number of hydrogen-bond donors (Lipinski definition) is 2. The van der Waals surface area contributed by atoms with Gasteiger partial charge in [-0.05, 0) is 52.4 Å². The number of halogens is 2. The number of benzene rings is 1. The lowest BCUT2D eigenvalue weighted by atomic mass is 10.1. The first-order valence-corrected chi connectivity index (χ1v) is 7.64. The van der Waals surface area contributed by atoms with Crippen LogP contribution in [0, 0.1) is 9.39 Å². The molecule has 0 saturated carbocycles. The molecule has 0 saturated heterocycles. The van der Waals surface area contributed by atoms with E-state index in [1.54, 1.807) is 29.8 Å². The Bertz CT molecular complexity index is 753. The molecule has 0 aliphatic rings. The van der Waals surface area contributed by atoms with Crippen molar-refractivity contribution in [3.05, 3.63) is 51.5 Å². The number of carbonyl (C=O) groups is 1. The zero-order chi connectivity index (χ0) is 16.4. The quantitative estimate of drug-likeness (QED) is 0.580. The molecule has 0 spiro atoms. The van der Waals surface area contributed by atoms with E-state index >= 15 is 0 Å². The number of rotatable bonds is 5. The molecular weight excluding hydrogens is 398 g/mol. The number of carbonyl (C=O) groups excluding carboxylic acids is 1. The maximum atomic E-state index is 14.0. The first-order valence-electron chi connectivity index (χ1n) is 6.57. The number of aliphatic hydroxyl groups is 1. The first-order chi connectivity index (χ1) is 10.3. The van der Waals surface area contributed by atoms with Crippen LogP contribution in [0.2, 0.25) is 0 Å². The largest absolute Gasteiger partial charge is 0.392 e. The Morgan fingerprint density at radius 1 is 1.45 bits per heavy atom. The van der Waals surface area contributed by atoms with Crippen molar-refractivity contribution < 1.29 is 14.3 Å². The predicted octanol–water partition coefficient (Wildman–Crippen LogP) is 3.72. The van der Waals surface area contributed by atoms with Crippen molar-refractivity contribution in [2.75, 3.05) is 11.9 Å². The zero-order valence-corrected chi connectivity index (χ0v) is 14.4. The Morgan fingerprint density at radius 2 is 2.14 bits per heavy atom. The summed E-state index contributed by atoms with van der Waals surface area (Å²) < 4.78 is 16.5. The SMILES string of the molecule is C=C(CO)c1cc(C(C)=O)n(C)c1Nc1ccc(I)cc1F. The lowest BCUT2D eigenvalue weighted by Crippen LogP contribution is -2.06. The summed E-state index contributed by atoms with van der Waals surface area (Å²) in [6, 6.07) is 6.47. The van der Waals surface area contributed by atoms with Gasteiger partial charge in [0.25, 0.3) is 0 Å². The molecule has 22 heavy (non-hydrogen) atoms. The highest BCUT2D eigenvalue weighted by atomic mass is 127. The number of hydrogen-bond acceptors (Lipinski definition) is 3. The summed E-state index contributed by atoms with van der Waals surface area (Å²) in [5.41, 5.74) is 1.80. The maximum Gasteiger partial charge on any atom is 0.176 e. The van der Waals surface area contributed by atoms with Crippen LogP contribution < -0.4 is 5.32 Å². The van der Waals surface area contributed by atoms with Crippen LogP contribution in [0.25, 0.3) is 5.57 Å². The van der Waals surface area contributed by atoms with Gasteiger partial charge in [0.05, 0.1) is 18.0 Å². The van der Waals surface area contributed by atoms with Crippen LogP contribution in [0.5, 0.6) is 0 Å². The Labute approximate surface area is 141 Å². The third-order valence-corrected chi connectivity index (χ3v) is 4.02. The smallest absolute Gasteiger partial charge is 0.176 e. The molecule has 1 aromatic heterocycles. The number of ketones is 1. The maximum absolute atomic E-state index is 14.0. The Hall–Kier alpha value is -1.67. The van der Waals surface area contributed by atoms with Crippen molar-refractivity contribution in [1.29, 1.82) is 0 Å². The van der Waals surface area contributed by atoms with Crippen LogP contribution in [0.3, 0.4) is 0 Å². The van der Waals surface area contributed by atoms with Crippen molar-refractivity contribution in [2.45, 2.75) is 6.92 Å². The fourth-order valence-corrected chi connectivity index (χ4v) is 2.62. The highest BCUT2D eigenvalue weighted by Gasteiger charge is 2.18. The Balaban J connectivity index is 2.53. The number of nitrogens with zero attached hydrogens (tertiary/aromatic N) is 1. The summed E-state index contributed by atoms with van der Waals surface area (Å²) in [5, 5.41) is 12.3. The molecule has 0 aliphatic carbocycles. The number of nitrogens with one attached hydrogen (secondary N) is 1. The van der Waals surface area contributed by atoms with Crippen molar-refractivity contribution in [1.82, 2.24) is 4.57 Å². The molecule has 2 rings (SSSR count). The van der Waals surface area contributed by atoms with E-state index in [9.17, 15) is 14.3 Å². The minimum absolute atomic E-state index is 0.120. The molecule has 0 fully saturated rings. The summed E-state index contributed by atoms with van der Waals surface area (Å²) in [6.45, 7) is 5.00. The van der Waals surface area contributed by atoms with Gasteiger partial charge in [-0.3, -0.25) is 4.79 Å². The molecule has 0 bridgehead atoms. The molecule has 2 aromatic rings. The van der Waals surface area contributed by atoms with Crippen LogP contribution in [0.1, 0.15) is 23.0 Å². The summed E-state index contributed by atoms with van der Waals surface area (Å²) in [7, 11) is 1.71. The molecular formula is C16H16FIN2O2. The van der Waals surface area contributed by atoms with Crippen molar-refractivity contribution in [3.8, 4) is 0 Å². The van der Waals surface area contributed by atoms with Gasteiger partial charge in [0.15, 0.2) is 5.78 Å². The molecule has 0 unspecified atom stereocenters. The standard InChI is InChI=1S/C16H16FIN2O2/c1-9(8-21)12-7-15(10(2)22)20(3)16(12)19-14-5-4-11(18)6-13(14)17/h4-7,19,21H,1,8H2,2-3H3. The van der Waals surface area contributed by atoms with Gasteiger partial charge in [-0.15, -0.1) is 0 Å². The molecule has 4 nitrogen and oxygen atoms in total. The van der Waals surface area contributed by atoms with E-state index in [0.29, 0.717) is 28.3 Å². The van der Waals surface area contributed by atoms with Crippen LogP contribution in [-0.4, -0.2) is 22.1 Å². The van der Waals surface area contributed by atoms with E-state index in [-0.39, 0.29) is 12.4 Å². The van der Waals surface area contributed by atoms with E-state index < -0.39 is 5.82 Å². The van der Waals surface area contributed by atoms with Gasteiger partial charge in [0.1, 0.15) is 11.6 Å². The molecule has 0 radical (unpaired) electrons. The molecule has 1 heterocycles. The van der Waals surface area contributed by atoms with Crippen LogP contribution in [0.15, 0.2) is 30.8 Å². The van der Waals surface area contributed by atoms with E-state index in [1.807, 2.05) is 22.6 Å². The zero-order valence-electron chi connectivity index (χ0n) is 12.3. The molecule has 6 heteroatoms. The molecule has 0 atom stereocenters. The lowest BCUT2D eigenvalue weighted by Gasteiger charge is -2.13. The van der Waals surface area contributed by atoms with Gasteiger partial charge in [-0.1, -0.05) is 6.58 Å². The predicted molar refractivity (Wildman–Crippen MR) is 93.9 cm³/mol. The summed E-state index contributed by atoms with van der Waals surface area (Å²) >= 11 is 2.03. The minimum atomic E-state index is -0.391. The number of anilines is 2. The van der Waals surface area contributed by atoms with Gasteiger partial charge in [-0.2, -0.15) is 0 Å². The van der Waals surface area contributed by atoms with Gasteiger partial charge >= 0.3 is 0 Å². The third kappa shape index (κ3) is 3.22. The van der Waals surface area contributed by atoms with Crippen molar-refractivity contribution in [3.63, 3.8) is 0 Å². The molecule has 2 N–H and O–H groups in total.